The van der Waals surface area contributed by atoms with Crippen LogP contribution in [0.25, 0.3) is 0 Å². The van der Waals surface area contributed by atoms with Crippen molar-refractivity contribution in [3.8, 4) is 0 Å². The number of nitrogens with one attached hydrogen (secondary N) is 1. The maximum Gasteiger partial charge on any atom is 0.251 e. The van der Waals surface area contributed by atoms with Gasteiger partial charge in [-0.2, -0.15) is 0 Å². The second-order valence-corrected chi connectivity index (χ2v) is 5.79. The second kappa shape index (κ2) is 7.49. The summed E-state index contributed by atoms with van der Waals surface area (Å²) in [5, 5.41) is 42.6. The van der Waals surface area contributed by atoms with E-state index in [0.717, 1.165) is 17.2 Å². The Kier molecular flexibility index (Phi) is 5.60. The highest BCUT2D eigenvalue weighted by molar-refractivity contribution is 5.97. The fourth-order valence-corrected chi connectivity index (χ4v) is 2.43. The molecule has 0 spiro atoms. The van der Waals surface area contributed by atoms with Crippen molar-refractivity contribution in [3.05, 3.63) is 69.1 Å². The molecule has 0 aromatic heterocycles. The van der Waals surface area contributed by atoms with Crippen molar-refractivity contribution in [2.45, 2.75) is 26.8 Å². The minimum Gasteiger partial charge on any atom is -0.769 e. The van der Waals surface area contributed by atoms with Crippen LogP contribution in [0, 0.1) is 24.3 Å². The van der Waals surface area contributed by atoms with Crippen LogP contribution in [0.3, 0.4) is 0 Å². The molecule has 1 atom stereocenters. The summed E-state index contributed by atoms with van der Waals surface area (Å²) in [7, 11) is 0. The lowest BCUT2D eigenvalue weighted by molar-refractivity contribution is 0.0288. The van der Waals surface area contributed by atoms with Crippen molar-refractivity contribution in [2.75, 3.05) is 10.5 Å². The van der Waals surface area contributed by atoms with Gasteiger partial charge in [-0.05, 0) is 44.0 Å². The third-order valence-corrected chi connectivity index (χ3v) is 3.95. The summed E-state index contributed by atoms with van der Waals surface area (Å²) in [5.74, 6) is -0.556. The summed E-state index contributed by atoms with van der Waals surface area (Å²) in [6.45, 7) is 5.11. The van der Waals surface area contributed by atoms with Crippen LogP contribution in [0.5, 0.6) is 0 Å². The molecule has 0 aliphatic heterocycles. The van der Waals surface area contributed by atoms with Crippen LogP contribution in [0.15, 0.2) is 36.4 Å². The Morgan fingerprint density at radius 1 is 1.08 bits per heavy atom. The van der Waals surface area contributed by atoms with Crippen LogP contribution in [0.2, 0.25) is 0 Å². The van der Waals surface area contributed by atoms with Gasteiger partial charge in [0.25, 0.3) is 5.91 Å². The number of hydrogen-bond acceptors (Lipinski definition) is 7. The van der Waals surface area contributed by atoms with E-state index in [9.17, 15) is 25.6 Å². The average Bonchev–Trinajstić information content (AvgIpc) is 2.54. The molecule has 0 heterocycles. The number of benzene rings is 2. The lowest BCUT2D eigenvalue weighted by Gasteiger charge is -2.39. The zero-order chi connectivity index (χ0) is 18.7. The van der Waals surface area contributed by atoms with E-state index in [1.165, 1.54) is 13.0 Å². The second-order valence-electron chi connectivity index (χ2n) is 5.79. The number of amides is 1. The van der Waals surface area contributed by atoms with Gasteiger partial charge in [0.05, 0.1) is 11.7 Å². The molecule has 0 radical (unpaired) electrons. The number of nitrogens with zero attached hydrogens (tertiary/aromatic N) is 2. The van der Waals surface area contributed by atoms with Crippen molar-refractivity contribution in [1.82, 2.24) is 5.32 Å². The van der Waals surface area contributed by atoms with Gasteiger partial charge in [0.15, 0.2) is 0 Å². The highest BCUT2D eigenvalue weighted by atomic mass is 16.8. The molecule has 1 unspecified atom stereocenters. The highest BCUT2D eigenvalue weighted by Gasteiger charge is 2.17. The molecule has 0 saturated carbocycles. The summed E-state index contributed by atoms with van der Waals surface area (Å²) in [5.41, 5.74) is 1.36. The van der Waals surface area contributed by atoms with Crippen LogP contribution in [0.1, 0.15) is 40.0 Å². The largest absolute Gasteiger partial charge is 0.769 e. The van der Waals surface area contributed by atoms with Gasteiger partial charge in [-0.1, -0.05) is 29.8 Å². The van der Waals surface area contributed by atoms with E-state index in [1.807, 2.05) is 31.2 Å². The SMILES string of the molecule is Cc1ccc(C(C)NC(=O)c2cc(N([O-])[O-])c(C)c(N(O)O)c2)cc1. The minimum atomic E-state index is -0.678. The molecule has 2 rings (SSSR count). The summed E-state index contributed by atoms with van der Waals surface area (Å²) in [4.78, 5) is 12.4. The van der Waals surface area contributed by atoms with Gasteiger partial charge >= 0.3 is 0 Å². The molecule has 2 aromatic carbocycles. The topological polar surface area (TPSA) is 122 Å². The van der Waals surface area contributed by atoms with E-state index >= 15 is 0 Å². The first-order chi connectivity index (χ1) is 11.7. The highest BCUT2D eigenvalue weighted by Crippen LogP contribution is 2.30. The number of carbonyl (C=O) groups excluding carboxylic acids is 1. The molecule has 8 nitrogen and oxygen atoms in total. The maximum absolute atomic E-state index is 12.4. The van der Waals surface area contributed by atoms with E-state index < -0.39 is 11.1 Å². The number of aryl methyl sites for hydroxylation is 1. The van der Waals surface area contributed by atoms with Crippen molar-refractivity contribution in [3.63, 3.8) is 0 Å². The molecule has 0 fully saturated rings. The molecule has 2 aromatic rings. The van der Waals surface area contributed by atoms with Gasteiger partial charge in [-0.15, -0.1) is 5.23 Å². The number of rotatable bonds is 5. The first-order valence-electron chi connectivity index (χ1n) is 7.55. The summed E-state index contributed by atoms with van der Waals surface area (Å²) in [6.07, 6.45) is 0. The van der Waals surface area contributed by atoms with Crippen LogP contribution < -0.4 is 15.8 Å². The minimum absolute atomic E-state index is 0.0399. The molecule has 0 aliphatic carbocycles. The van der Waals surface area contributed by atoms with Gasteiger partial charge in [-0.25, -0.2) is 0 Å². The van der Waals surface area contributed by atoms with E-state index in [2.05, 4.69) is 5.32 Å². The van der Waals surface area contributed by atoms with Crippen LogP contribution in [-0.2, 0) is 0 Å². The number of hydrogen-bond donors (Lipinski definition) is 3. The van der Waals surface area contributed by atoms with Crippen molar-refractivity contribution >= 4 is 17.3 Å². The Labute approximate surface area is 145 Å². The fourth-order valence-electron chi connectivity index (χ4n) is 2.43. The van der Waals surface area contributed by atoms with Crippen molar-refractivity contribution in [1.29, 1.82) is 0 Å². The Bertz CT molecular complexity index is 730. The summed E-state index contributed by atoms with van der Waals surface area (Å²) in [6, 6.07) is 9.57. The molecule has 0 aliphatic rings. The zero-order valence-corrected chi connectivity index (χ0v) is 14.1. The monoisotopic (exact) mass is 345 g/mol. The number of carbonyl (C=O) groups is 1. The first-order valence-corrected chi connectivity index (χ1v) is 7.55. The molecule has 8 heteroatoms. The van der Waals surface area contributed by atoms with Gasteiger partial charge in [0, 0.05) is 11.3 Å². The molecular weight excluding hydrogens is 326 g/mol. The molecular formula is C17H19N3O5-2. The van der Waals surface area contributed by atoms with Gasteiger partial charge in [0.1, 0.15) is 0 Å². The summed E-state index contributed by atoms with van der Waals surface area (Å²) >= 11 is 0. The van der Waals surface area contributed by atoms with E-state index in [-0.39, 0.29) is 33.8 Å². The Morgan fingerprint density at radius 2 is 1.64 bits per heavy atom. The van der Waals surface area contributed by atoms with E-state index in [0.29, 0.717) is 0 Å². The van der Waals surface area contributed by atoms with E-state index in [4.69, 9.17) is 0 Å². The normalized spacial score (nSPS) is 11.8. The lowest BCUT2D eigenvalue weighted by Crippen LogP contribution is -2.27. The Morgan fingerprint density at radius 3 is 2.16 bits per heavy atom. The first kappa shape index (κ1) is 18.7. The molecule has 0 saturated heterocycles. The molecule has 134 valence electrons. The maximum atomic E-state index is 12.4. The molecule has 0 bridgehead atoms. The third-order valence-electron chi connectivity index (χ3n) is 3.95. The Hall–Kier alpha value is -2.65. The smallest absolute Gasteiger partial charge is 0.251 e. The molecule has 3 N–H and O–H groups in total. The standard InChI is InChI=1S/C17H19N3O5/c1-10-4-6-13(7-5-10)12(3)18-17(21)14-8-15(19(22)23)11(2)16(9-14)20(24)25/h4-9,12,22-23H,1-3H3,(H,18,21)/q-2. The number of anilines is 2. The van der Waals surface area contributed by atoms with E-state index in [1.54, 1.807) is 6.92 Å². The molecule has 1 amide bonds. The predicted octanol–water partition coefficient (Wildman–Crippen LogP) is 3.18. The van der Waals surface area contributed by atoms with Crippen molar-refractivity contribution in [2.24, 2.45) is 0 Å². The molecule has 25 heavy (non-hydrogen) atoms. The predicted molar refractivity (Wildman–Crippen MR) is 93.5 cm³/mol. The van der Waals surface area contributed by atoms with Crippen LogP contribution in [0.4, 0.5) is 11.4 Å². The van der Waals surface area contributed by atoms with Gasteiger partial charge in [-0.3, -0.25) is 15.2 Å². The third kappa shape index (κ3) is 4.25. The van der Waals surface area contributed by atoms with Crippen LogP contribution >= 0.6 is 0 Å². The summed E-state index contributed by atoms with van der Waals surface area (Å²) < 4.78 is 0. The quantitative estimate of drug-likeness (QED) is 0.711. The fraction of sp³-hybridized carbons (Fsp3) is 0.235. The Balaban J connectivity index is 2.30. The lowest BCUT2D eigenvalue weighted by atomic mass is 10.0. The van der Waals surface area contributed by atoms with Gasteiger partial charge < -0.3 is 21.0 Å². The van der Waals surface area contributed by atoms with Crippen molar-refractivity contribution < 1.29 is 15.2 Å². The zero-order valence-electron chi connectivity index (χ0n) is 14.1. The van der Waals surface area contributed by atoms with Crippen LogP contribution in [-0.4, -0.2) is 16.3 Å². The average molecular weight is 345 g/mol. The van der Waals surface area contributed by atoms with Gasteiger partial charge in [0.2, 0.25) is 0 Å².